The van der Waals surface area contributed by atoms with Gasteiger partial charge >= 0.3 is 0 Å². The van der Waals surface area contributed by atoms with Crippen LogP contribution in [0.3, 0.4) is 0 Å². The lowest BCUT2D eigenvalue weighted by molar-refractivity contribution is -0.289. The second kappa shape index (κ2) is 3.89. The Kier molecular flexibility index (Phi) is 3.26. The molecule has 4 N–H and O–H groups in total. The first-order valence-corrected chi connectivity index (χ1v) is 4.33. The van der Waals surface area contributed by atoms with Crippen molar-refractivity contribution in [2.45, 2.75) is 44.6 Å². The molecular weight excluding hydrogens is 176 g/mol. The summed E-state index contributed by atoms with van der Waals surface area (Å²) in [6.45, 7) is 3.59. The SMILES string of the molecule is CC(C)C1OC(O)C(O)C(O)C1O. The fourth-order valence-corrected chi connectivity index (χ4v) is 1.44. The third kappa shape index (κ3) is 2.00. The van der Waals surface area contributed by atoms with E-state index in [1.54, 1.807) is 13.8 Å². The maximum absolute atomic E-state index is 9.45. The summed E-state index contributed by atoms with van der Waals surface area (Å²) in [5.41, 5.74) is 0. The molecule has 0 aliphatic carbocycles. The second-order valence-corrected chi connectivity index (χ2v) is 3.71. The van der Waals surface area contributed by atoms with Crippen molar-refractivity contribution in [1.82, 2.24) is 0 Å². The molecule has 0 aromatic carbocycles. The molecule has 0 radical (unpaired) electrons. The zero-order valence-electron chi connectivity index (χ0n) is 7.66. The van der Waals surface area contributed by atoms with Crippen LogP contribution in [0.4, 0.5) is 0 Å². The summed E-state index contributed by atoms with van der Waals surface area (Å²) < 4.78 is 4.94. The van der Waals surface area contributed by atoms with Gasteiger partial charge in [0, 0.05) is 0 Å². The van der Waals surface area contributed by atoms with Gasteiger partial charge in [-0.1, -0.05) is 13.8 Å². The molecule has 1 aliphatic rings. The monoisotopic (exact) mass is 192 g/mol. The van der Waals surface area contributed by atoms with Gasteiger partial charge < -0.3 is 25.2 Å². The van der Waals surface area contributed by atoms with Crippen LogP contribution in [0.25, 0.3) is 0 Å². The molecule has 5 heteroatoms. The summed E-state index contributed by atoms with van der Waals surface area (Å²) >= 11 is 0. The second-order valence-electron chi connectivity index (χ2n) is 3.71. The predicted octanol–water partition coefficient (Wildman–Crippen LogP) is -1.56. The summed E-state index contributed by atoms with van der Waals surface area (Å²) in [6, 6.07) is 0. The summed E-state index contributed by atoms with van der Waals surface area (Å²) in [7, 11) is 0. The molecule has 0 saturated carbocycles. The van der Waals surface area contributed by atoms with Crippen LogP contribution < -0.4 is 0 Å². The van der Waals surface area contributed by atoms with Crippen molar-refractivity contribution in [3.8, 4) is 0 Å². The summed E-state index contributed by atoms with van der Waals surface area (Å²) in [6.07, 6.45) is -6.02. The van der Waals surface area contributed by atoms with Crippen LogP contribution in [0.15, 0.2) is 0 Å². The first kappa shape index (κ1) is 10.9. The van der Waals surface area contributed by atoms with Crippen molar-refractivity contribution in [3.05, 3.63) is 0 Å². The standard InChI is InChI=1S/C8H16O5/c1-3(2)7-5(10)4(9)6(11)8(12)13-7/h3-12H,1-2H3. The van der Waals surface area contributed by atoms with Gasteiger partial charge in [0.25, 0.3) is 0 Å². The van der Waals surface area contributed by atoms with E-state index in [2.05, 4.69) is 0 Å². The lowest BCUT2D eigenvalue weighted by atomic mass is 9.92. The third-order valence-corrected chi connectivity index (χ3v) is 2.28. The molecule has 1 rings (SSSR count). The lowest BCUT2D eigenvalue weighted by Crippen LogP contribution is -2.58. The van der Waals surface area contributed by atoms with E-state index in [1.807, 2.05) is 0 Å². The van der Waals surface area contributed by atoms with E-state index in [4.69, 9.17) is 14.9 Å². The number of aliphatic hydroxyl groups is 4. The van der Waals surface area contributed by atoms with Gasteiger partial charge in [-0.05, 0) is 5.92 Å². The van der Waals surface area contributed by atoms with Crippen LogP contribution in [-0.4, -0.2) is 51.1 Å². The first-order valence-electron chi connectivity index (χ1n) is 4.33. The molecule has 1 heterocycles. The average Bonchev–Trinajstić information content (AvgIpc) is 2.07. The molecule has 0 aromatic heterocycles. The smallest absolute Gasteiger partial charge is 0.183 e. The Hall–Kier alpha value is -0.200. The summed E-state index contributed by atoms with van der Waals surface area (Å²) in [4.78, 5) is 0. The molecule has 5 nitrogen and oxygen atoms in total. The van der Waals surface area contributed by atoms with E-state index in [9.17, 15) is 10.2 Å². The van der Waals surface area contributed by atoms with Crippen molar-refractivity contribution < 1.29 is 25.2 Å². The maximum Gasteiger partial charge on any atom is 0.183 e. The van der Waals surface area contributed by atoms with Crippen molar-refractivity contribution in [3.63, 3.8) is 0 Å². The molecule has 5 atom stereocenters. The van der Waals surface area contributed by atoms with Crippen LogP contribution in [0.5, 0.6) is 0 Å². The minimum atomic E-state index is -1.44. The van der Waals surface area contributed by atoms with Crippen molar-refractivity contribution in [2.24, 2.45) is 5.92 Å². The van der Waals surface area contributed by atoms with Gasteiger partial charge in [0.15, 0.2) is 6.29 Å². The van der Waals surface area contributed by atoms with Gasteiger partial charge in [0.2, 0.25) is 0 Å². The van der Waals surface area contributed by atoms with E-state index in [-0.39, 0.29) is 5.92 Å². The van der Waals surface area contributed by atoms with Gasteiger partial charge in [-0.25, -0.2) is 0 Å². The number of hydrogen-bond donors (Lipinski definition) is 4. The number of ether oxygens (including phenoxy) is 1. The molecule has 78 valence electrons. The quantitative estimate of drug-likeness (QED) is 0.403. The molecular formula is C8H16O5. The highest BCUT2D eigenvalue weighted by molar-refractivity contribution is 4.89. The molecule has 1 saturated heterocycles. The first-order chi connectivity index (χ1) is 5.95. The molecule has 0 aromatic rings. The largest absolute Gasteiger partial charge is 0.388 e. The number of aliphatic hydroxyl groups excluding tert-OH is 4. The maximum atomic E-state index is 9.45. The molecule has 13 heavy (non-hydrogen) atoms. The van der Waals surface area contributed by atoms with Crippen LogP contribution in [0.2, 0.25) is 0 Å². The predicted molar refractivity (Wildman–Crippen MR) is 43.7 cm³/mol. The van der Waals surface area contributed by atoms with Crippen LogP contribution in [0, 0.1) is 5.92 Å². The number of rotatable bonds is 1. The molecule has 1 aliphatic heterocycles. The van der Waals surface area contributed by atoms with E-state index in [1.165, 1.54) is 0 Å². The van der Waals surface area contributed by atoms with Crippen LogP contribution in [-0.2, 0) is 4.74 Å². The zero-order valence-corrected chi connectivity index (χ0v) is 7.66. The normalized spacial score (nSPS) is 46.8. The Labute approximate surface area is 76.6 Å². The fraction of sp³-hybridized carbons (Fsp3) is 1.00. The summed E-state index contributed by atoms with van der Waals surface area (Å²) in [5.74, 6) is -0.0354. The zero-order chi connectivity index (χ0) is 10.2. The number of hydrogen-bond acceptors (Lipinski definition) is 5. The summed E-state index contributed by atoms with van der Waals surface area (Å²) in [5, 5.41) is 37.0. The van der Waals surface area contributed by atoms with E-state index in [0.717, 1.165) is 0 Å². The van der Waals surface area contributed by atoms with E-state index < -0.39 is 30.7 Å². The fourth-order valence-electron chi connectivity index (χ4n) is 1.44. The minimum Gasteiger partial charge on any atom is -0.388 e. The Morgan fingerprint density at radius 3 is 1.92 bits per heavy atom. The average molecular weight is 192 g/mol. The topological polar surface area (TPSA) is 90.2 Å². The van der Waals surface area contributed by atoms with Gasteiger partial charge in [0.05, 0.1) is 6.10 Å². The molecule has 0 spiro atoms. The highest BCUT2D eigenvalue weighted by Gasteiger charge is 2.43. The van der Waals surface area contributed by atoms with Gasteiger partial charge in [-0.15, -0.1) is 0 Å². The van der Waals surface area contributed by atoms with Gasteiger partial charge in [-0.3, -0.25) is 0 Å². The lowest BCUT2D eigenvalue weighted by Gasteiger charge is -2.40. The Balaban J connectivity index is 2.70. The Morgan fingerprint density at radius 1 is 0.923 bits per heavy atom. The third-order valence-electron chi connectivity index (χ3n) is 2.28. The van der Waals surface area contributed by atoms with Crippen LogP contribution in [0.1, 0.15) is 13.8 Å². The van der Waals surface area contributed by atoms with Crippen molar-refractivity contribution in [2.75, 3.05) is 0 Å². The molecule has 5 unspecified atom stereocenters. The Morgan fingerprint density at radius 2 is 1.46 bits per heavy atom. The molecule has 0 bridgehead atoms. The van der Waals surface area contributed by atoms with Crippen molar-refractivity contribution >= 4 is 0 Å². The molecule has 1 fully saturated rings. The highest BCUT2D eigenvalue weighted by atomic mass is 16.6. The minimum absolute atomic E-state index is 0.0354. The van der Waals surface area contributed by atoms with E-state index >= 15 is 0 Å². The van der Waals surface area contributed by atoms with E-state index in [0.29, 0.717) is 0 Å². The van der Waals surface area contributed by atoms with Crippen LogP contribution >= 0.6 is 0 Å². The van der Waals surface area contributed by atoms with Gasteiger partial charge in [-0.2, -0.15) is 0 Å². The highest BCUT2D eigenvalue weighted by Crippen LogP contribution is 2.24. The van der Waals surface area contributed by atoms with Gasteiger partial charge in [0.1, 0.15) is 18.3 Å². The van der Waals surface area contributed by atoms with Crippen molar-refractivity contribution in [1.29, 1.82) is 0 Å². The Bertz CT molecular complexity index is 172. The molecule has 0 amide bonds.